The molecule has 2 rings (SSSR count). The highest BCUT2D eigenvalue weighted by Gasteiger charge is 2.34. The first-order chi connectivity index (χ1) is 10.3. The van der Waals surface area contributed by atoms with Gasteiger partial charge >= 0.3 is 0 Å². The molecule has 0 aromatic heterocycles. The third-order valence-electron chi connectivity index (χ3n) is 3.41. The van der Waals surface area contributed by atoms with Gasteiger partial charge in [-0.2, -0.15) is 17.4 Å². The van der Waals surface area contributed by atoms with Gasteiger partial charge in [-0.15, -0.1) is 0 Å². The van der Waals surface area contributed by atoms with Crippen molar-refractivity contribution in [3.8, 4) is 0 Å². The molecule has 1 fully saturated rings. The van der Waals surface area contributed by atoms with Gasteiger partial charge in [0, 0.05) is 13.1 Å². The minimum atomic E-state index is -3.84. The highest BCUT2D eigenvalue weighted by atomic mass is 32.2. The number of carbonyl (C=O) groups excluding carboxylic acids is 1. The molecular formula is C14H21N3O4S. The van der Waals surface area contributed by atoms with E-state index in [1.807, 2.05) is 0 Å². The lowest BCUT2D eigenvalue weighted by molar-refractivity contribution is -0.119. The van der Waals surface area contributed by atoms with E-state index in [0.29, 0.717) is 5.56 Å². The Balaban J connectivity index is 2.20. The number of ether oxygens (including phenoxy) is 1. The quantitative estimate of drug-likeness (QED) is 0.804. The topological polar surface area (TPSA) is 102 Å². The second-order valence-corrected chi connectivity index (χ2v) is 7.15. The number of morpholine rings is 1. The van der Waals surface area contributed by atoms with Gasteiger partial charge in [-0.25, -0.2) is 0 Å². The number of rotatable bonds is 5. The molecule has 1 aliphatic heterocycles. The minimum absolute atomic E-state index is 0.205. The molecule has 1 heterocycles. The molecule has 3 unspecified atom stereocenters. The maximum atomic E-state index is 12.5. The number of amides is 1. The van der Waals surface area contributed by atoms with Crippen molar-refractivity contribution in [1.29, 1.82) is 0 Å². The molecule has 1 aliphatic rings. The number of nitrogens with one attached hydrogen (secondary N) is 1. The molecule has 1 aromatic carbocycles. The van der Waals surface area contributed by atoms with Gasteiger partial charge in [-0.05, 0) is 19.4 Å². The molecule has 122 valence electrons. The highest BCUT2D eigenvalue weighted by Crippen LogP contribution is 2.18. The maximum absolute atomic E-state index is 12.5. The van der Waals surface area contributed by atoms with E-state index in [1.165, 1.54) is 4.31 Å². The molecule has 1 saturated heterocycles. The van der Waals surface area contributed by atoms with Crippen LogP contribution in [0.15, 0.2) is 30.3 Å². The Morgan fingerprint density at radius 1 is 1.27 bits per heavy atom. The Kier molecular flexibility index (Phi) is 5.17. The second-order valence-electron chi connectivity index (χ2n) is 5.44. The third-order valence-corrected chi connectivity index (χ3v) is 4.92. The van der Waals surface area contributed by atoms with Crippen molar-refractivity contribution in [2.45, 2.75) is 32.1 Å². The van der Waals surface area contributed by atoms with Gasteiger partial charge in [0.25, 0.3) is 10.2 Å². The van der Waals surface area contributed by atoms with E-state index in [-0.39, 0.29) is 25.3 Å². The molecule has 1 amide bonds. The van der Waals surface area contributed by atoms with Crippen molar-refractivity contribution in [3.05, 3.63) is 35.9 Å². The summed E-state index contributed by atoms with van der Waals surface area (Å²) in [5, 5.41) is 0. The van der Waals surface area contributed by atoms with E-state index >= 15 is 0 Å². The monoisotopic (exact) mass is 327 g/mol. The average molecular weight is 327 g/mol. The van der Waals surface area contributed by atoms with Crippen LogP contribution < -0.4 is 10.5 Å². The number of primary amides is 1. The molecule has 8 heteroatoms. The van der Waals surface area contributed by atoms with Crippen LogP contribution in [0.25, 0.3) is 0 Å². The van der Waals surface area contributed by atoms with Crippen molar-refractivity contribution in [3.63, 3.8) is 0 Å². The number of hydrogen-bond acceptors (Lipinski definition) is 4. The van der Waals surface area contributed by atoms with E-state index in [1.54, 1.807) is 44.2 Å². The fourth-order valence-electron chi connectivity index (χ4n) is 2.49. The van der Waals surface area contributed by atoms with Gasteiger partial charge < -0.3 is 10.5 Å². The molecule has 1 aromatic rings. The summed E-state index contributed by atoms with van der Waals surface area (Å²) in [5.74, 6) is -0.746. The van der Waals surface area contributed by atoms with Crippen molar-refractivity contribution in [2.75, 3.05) is 13.1 Å². The van der Waals surface area contributed by atoms with Crippen LogP contribution in [0.3, 0.4) is 0 Å². The fourth-order valence-corrected chi connectivity index (χ4v) is 4.00. The Morgan fingerprint density at radius 3 is 2.32 bits per heavy atom. The van der Waals surface area contributed by atoms with E-state index in [0.717, 1.165) is 0 Å². The molecule has 3 N–H and O–H groups in total. The first-order valence-corrected chi connectivity index (χ1v) is 8.50. The van der Waals surface area contributed by atoms with Gasteiger partial charge in [0.15, 0.2) is 0 Å². The molecule has 0 bridgehead atoms. The lowest BCUT2D eigenvalue weighted by atomic mass is 10.1. The summed E-state index contributed by atoms with van der Waals surface area (Å²) in [6.45, 7) is 4.09. The molecule has 22 heavy (non-hydrogen) atoms. The molecular weight excluding hydrogens is 306 g/mol. The standard InChI is InChI=1S/C14H21N3O4S/c1-10-8-17(9-11(2)21-10)22(19,20)16-13(14(15)18)12-6-4-3-5-7-12/h3-7,10-11,13,16H,8-9H2,1-2H3,(H2,15,18). The van der Waals surface area contributed by atoms with Crippen LogP contribution in [0, 0.1) is 0 Å². The van der Waals surface area contributed by atoms with E-state index in [4.69, 9.17) is 10.5 Å². The summed E-state index contributed by atoms with van der Waals surface area (Å²) in [5.41, 5.74) is 5.86. The Labute approximate surface area is 130 Å². The summed E-state index contributed by atoms with van der Waals surface area (Å²) in [6.07, 6.45) is -0.409. The SMILES string of the molecule is CC1CN(S(=O)(=O)NC(C(N)=O)c2ccccc2)CC(C)O1. The smallest absolute Gasteiger partial charge is 0.280 e. The van der Waals surface area contributed by atoms with Gasteiger partial charge in [0.2, 0.25) is 5.91 Å². The Hall–Kier alpha value is -1.48. The van der Waals surface area contributed by atoms with Crippen LogP contribution in [-0.2, 0) is 19.7 Å². The molecule has 7 nitrogen and oxygen atoms in total. The summed E-state index contributed by atoms with van der Waals surface area (Å²) < 4.78 is 34.2. The number of carbonyl (C=O) groups is 1. The van der Waals surface area contributed by atoms with Crippen LogP contribution in [0.1, 0.15) is 25.5 Å². The lowest BCUT2D eigenvalue weighted by Crippen LogP contribution is -2.53. The van der Waals surface area contributed by atoms with Crippen molar-refractivity contribution >= 4 is 16.1 Å². The summed E-state index contributed by atoms with van der Waals surface area (Å²) >= 11 is 0. The van der Waals surface area contributed by atoms with Crippen LogP contribution in [0.4, 0.5) is 0 Å². The fraction of sp³-hybridized carbons (Fsp3) is 0.500. The molecule has 0 spiro atoms. The Morgan fingerprint density at radius 2 is 1.82 bits per heavy atom. The first-order valence-electron chi connectivity index (χ1n) is 7.06. The highest BCUT2D eigenvalue weighted by molar-refractivity contribution is 7.87. The lowest BCUT2D eigenvalue weighted by Gasteiger charge is -2.35. The third kappa shape index (κ3) is 4.04. The number of nitrogens with two attached hydrogens (primary N) is 1. The predicted octanol–water partition coefficient (Wildman–Crippen LogP) is 0.157. The zero-order valence-electron chi connectivity index (χ0n) is 12.6. The number of benzene rings is 1. The van der Waals surface area contributed by atoms with E-state index in [9.17, 15) is 13.2 Å². The van der Waals surface area contributed by atoms with Crippen LogP contribution in [-0.4, -0.2) is 43.9 Å². The maximum Gasteiger partial charge on any atom is 0.280 e. The molecule has 0 saturated carbocycles. The van der Waals surface area contributed by atoms with Gasteiger partial charge in [-0.1, -0.05) is 30.3 Å². The van der Waals surface area contributed by atoms with E-state index < -0.39 is 22.2 Å². The zero-order chi connectivity index (χ0) is 16.3. The first kappa shape index (κ1) is 16.9. The largest absolute Gasteiger partial charge is 0.373 e. The molecule has 3 atom stereocenters. The molecule has 0 aliphatic carbocycles. The van der Waals surface area contributed by atoms with Crippen LogP contribution in [0.2, 0.25) is 0 Å². The van der Waals surface area contributed by atoms with Crippen molar-refractivity contribution < 1.29 is 17.9 Å². The normalized spacial score (nSPS) is 24.8. The van der Waals surface area contributed by atoms with Crippen molar-refractivity contribution in [2.24, 2.45) is 5.73 Å². The van der Waals surface area contributed by atoms with Crippen molar-refractivity contribution in [1.82, 2.24) is 9.03 Å². The minimum Gasteiger partial charge on any atom is -0.373 e. The van der Waals surface area contributed by atoms with Crippen LogP contribution in [0.5, 0.6) is 0 Å². The van der Waals surface area contributed by atoms with Crippen LogP contribution >= 0.6 is 0 Å². The number of hydrogen-bond donors (Lipinski definition) is 2. The predicted molar refractivity (Wildman–Crippen MR) is 82.0 cm³/mol. The van der Waals surface area contributed by atoms with Gasteiger partial charge in [-0.3, -0.25) is 4.79 Å². The summed E-state index contributed by atoms with van der Waals surface area (Å²) in [7, 11) is -3.84. The zero-order valence-corrected chi connectivity index (χ0v) is 13.4. The average Bonchev–Trinajstić information content (AvgIpc) is 2.44. The van der Waals surface area contributed by atoms with Gasteiger partial charge in [0.1, 0.15) is 6.04 Å². The molecule has 0 radical (unpaired) electrons. The summed E-state index contributed by atoms with van der Waals surface area (Å²) in [4.78, 5) is 11.6. The van der Waals surface area contributed by atoms with Gasteiger partial charge in [0.05, 0.1) is 12.2 Å². The Bertz CT molecular complexity index is 610. The van der Waals surface area contributed by atoms with E-state index in [2.05, 4.69) is 4.72 Å². The number of nitrogens with zero attached hydrogens (tertiary/aromatic N) is 1. The summed E-state index contributed by atoms with van der Waals surface area (Å²) in [6, 6.07) is 7.43. The second kappa shape index (κ2) is 6.74.